The lowest BCUT2D eigenvalue weighted by atomic mass is 9.49. The number of likely N-dealkylation sites (tertiary alicyclic amines) is 1. The van der Waals surface area contributed by atoms with E-state index in [9.17, 15) is 29.9 Å². The molecule has 3 heterocycles. The molecule has 3 aromatic rings. The summed E-state index contributed by atoms with van der Waals surface area (Å²) < 4.78 is 6.04. The molecule has 0 unspecified atom stereocenters. The summed E-state index contributed by atoms with van der Waals surface area (Å²) in [6.07, 6.45) is 4.33. The number of benzodiazepines with no additional fused rings is 1. The molecule has 12 heteroatoms. The average molecular weight is 657 g/mol. The zero-order valence-electron chi connectivity index (χ0n) is 25.4. The minimum Gasteiger partial charge on any atom is -0.504 e. The fourth-order valence-electron chi connectivity index (χ4n) is 8.52. The summed E-state index contributed by atoms with van der Waals surface area (Å²) in [7, 11) is 0. The fourth-order valence-corrected chi connectivity index (χ4v) is 8.75. The minimum atomic E-state index is -0.940. The first kappa shape index (κ1) is 30.0. The van der Waals surface area contributed by atoms with Crippen molar-refractivity contribution >= 4 is 40.4 Å². The first-order valence-electron chi connectivity index (χ1n) is 16.0. The highest BCUT2D eigenvalue weighted by atomic mass is 35.5. The number of aliphatic hydroxyl groups is 1. The number of hydrogen-bond donors (Lipinski definition) is 3. The molecule has 3 aliphatic heterocycles. The Bertz CT molecular complexity index is 1890. The van der Waals surface area contributed by atoms with E-state index in [1.165, 1.54) is 31.0 Å². The Balaban J connectivity index is 0.000000139. The summed E-state index contributed by atoms with van der Waals surface area (Å²) in [6, 6.07) is 15.0. The molecule has 11 nitrogen and oxygen atoms in total. The number of piperidine rings is 1. The number of aromatic hydroxyl groups is 1. The number of benzene rings is 3. The number of anilines is 1. The molecule has 1 spiro atoms. The molecule has 3 aromatic carbocycles. The predicted octanol–water partition coefficient (Wildman–Crippen LogP) is 4.56. The van der Waals surface area contributed by atoms with Crippen LogP contribution in [0.25, 0.3) is 0 Å². The third-order valence-electron chi connectivity index (χ3n) is 10.8. The fraction of sp³-hybridized carbons (Fsp3) is 0.400. The van der Waals surface area contributed by atoms with E-state index in [0.717, 1.165) is 43.0 Å². The molecule has 3 N–H and O–H groups in total. The molecule has 0 aromatic heterocycles. The van der Waals surface area contributed by atoms with Crippen molar-refractivity contribution in [1.82, 2.24) is 4.90 Å². The van der Waals surface area contributed by atoms with Crippen molar-refractivity contribution in [1.29, 1.82) is 0 Å². The number of halogens is 1. The van der Waals surface area contributed by atoms with Crippen LogP contribution in [0, 0.1) is 16.0 Å². The van der Waals surface area contributed by atoms with Gasteiger partial charge in [-0.05, 0) is 68.3 Å². The minimum absolute atomic E-state index is 0.0454. The lowest BCUT2D eigenvalue weighted by Crippen LogP contribution is -2.76. The highest BCUT2D eigenvalue weighted by Crippen LogP contribution is 2.65. The zero-order chi connectivity index (χ0) is 32.7. The number of non-ortho nitro benzene ring substituents is 1. The Morgan fingerprint density at radius 1 is 1.11 bits per heavy atom. The van der Waals surface area contributed by atoms with E-state index in [0.29, 0.717) is 46.1 Å². The molecule has 47 heavy (non-hydrogen) atoms. The smallest absolute Gasteiger partial charge is 0.270 e. The number of nitrogens with one attached hydrogen (secondary N) is 1. The molecular weight excluding hydrogens is 624 g/mol. The van der Waals surface area contributed by atoms with Crippen LogP contribution < -0.4 is 10.1 Å². The number of amides is 1. The Hall–Kier alpha value is -4.32. The van der Waals surface area contributed by atoms with Crippen molar-refractivity contribution in [2.75, 3.05) is 25.0 Å². The van der Waals surface area contributed by atoms with Gasteiger partial charge in [-0.25, -0.2) is 0 Å². The second kappa shape index (κ2) is 10.9. The van der Waals surface area contributed by atoms with E-state index in [4.69, 9.17) is 16.3 Å². The molecule has 3 aliphatic carbocycles. The van der Waals surface area contributed by atoms with Crippen LogP contribution in [0.4, 0.5) is 11.4 Å². The van der Waals surface area contributed by atoms with Gasteiger partial charge in [-0.1, -0.05) is 35.9 Å². The van der Waals surface area contributed by atoms with Crippen molar-refractivity contribution in [2.45, 2.75) is 61.7 Å². The molecule has 1 amide bonds. The van der Waals surface area contributed by atoms with Crippen LogP contribution in [0.15, 0.2) is 59.6 Å². The van der Waals surface area contributed by atoms with Crippen LogP contribution in [0.5, 0.6) is 11.5 Å². The van der Waals surface area contributed by atoms with Crippen molar-refractivity contribution in [3.63, 3.8) is 0 Å². The predicted molar refractivity (Wildman–Crippen MR) is 173 cm³/mol. The number of nitro groups is 1. The number of carbonyl (C=O) groups is 2. The number of hydrogen-bond acceptors (Lipinski definition) is 9. The number of phenolic OH excluding ortho intramolecular Hbond substituents is 1. The molecule has 2 bridgehead atoms. The highest BCUT2D eigenvalue weighted by Gasteiger charge is 2.73. The number of nitro benzene ring substituents is 1. The first-order valence-corrected chi connectivity index (χ1v) is 16.4. The van der Waals surface area contributed by atoms with Crippen molar-refractivity contribution < 1.29 is 29.5 Å². The molecule has 1 saturated heterocycles. The summed E-state index contributed by atoms with van der Waals surface area (Å²) in [5.41, 5.74) is 2.43. The molecule has 0 radical (unpaired) electrons. The third kappa shape index (κ3) is 4.58. The van der Waals surface area contributed by atoms with Gasteiger partial charge in [0.05, 0.1) is 27.3 Å². The van der Waals surface area contributed by atoms with Gasteiger partial charge >= 0.3 is 0 Å². The molecule has 3 fully saturated rings. The van der Waals surface area contributed by atoms with Crippen LogP contribution in [0.2, 0.25) is 5.02 Å². The quantitative estimate of drug-likeness (QED) is 0.273. The average Bonchev–Trinajstić information content (AvgIpc) is 3.82. The molecule has 6 aliphatic rings. The van der Waals surface area contributed by atoms with E-state index in [-0.39, 0.29) is 35.7 Å². The summed E-state index contributed by atoms with van der Waals surface area (Å²) in [4.78, 5) is 41.7. The number of aliphatic imine (C=N–C) groups is 1. The van der Waals surface area contributed by atoms with Gasteiger partial charge in [-0.2, -0.15) is 0 Å². The summed E-state index contributed by atoms with van der Waals surface area (Å²) in [5, 5.41) is 36.5. The standard InChI is InChI=1S/C20H23NO4.C15H10ClN3O3/c22-13-4-3-12-9-15-20(24)6-5-14(23)18-19(20,16(12)17(13)25-18)7-8-21(15)10-11-1-2-11;16-12-4-2-1-3-10(12)15-11-7-9(19(21)22)5-6-13(11)18-14(20)8-17-15/h3-4,11,15,18,22,24H,1-2,5-10H2;1-7H,8H2,(H,18,20)/t15-,18+,19+,20-;/m1./s1. The van der Waals surface area contributed by atoms with Crippen LogP contribution in [-0.2, 0) is 21.4 Å². The van der Waals surface area contributed by atoms with Gasteiger partial charge in [-0.15, -0.1) is 0 Å². The zero-order valence-corrected chi connectivity index (χ0v) is 26.2. The summed E-state index contributed by atoms with van der Waals surface area (Å²) >= 11 is 6.20. The highest BCUT2D eigenvalue weighted by molar-refractivity contribution is 6.36. The lowest BCUT2D eigenvalue weighted by molar-refractivity contribution is -0.384. The third-order valence-corrected chi connectivity index (χ3v) is 11.1. The normalized spacial score (nSPS) is 28.4. The topological polar surface area (TPSA) is 155 Å². The number of nitrogens with zero attached hydrogens (tertiary/aromatic N) is 3. The van der Waals surface area contributed by atoms with Crippen molar-refractivity contribution in [3.05, 3.63) is 92.0 Å². The number of rotatable bonds is 4. The number of Topliss-reactive ketones (excluding diaryl/α,β-unsaturated/α-hetero) is 1. The van der Waals surface area contributed by atoms with Crippen molar-refractivity contribution in [2.24, 2.45) is 10.9 Å². The van der Waals surface area contributed by atoms with Crippen LogP contribution in [0.3, 0.4) is 0 Å². The van der Waals surface area contributed by atoms with Gasteiger partial charge in [0, 0.05) is 52.9 Å². The first-order chi connectivity index (χ1) is 22.6. The second-order valence-corrected chi connectivity index (χ2v) is 13.8. The van der Waals surface area contributed by atoms with Gasteiger partial charge in [0.25, 0.3) is 5.69 Å². The Morgan fingerprint density at radius 3 is 2.68 bits per heavy atom. The number of ketones is 1. The van der Waals surface area contributed by atoms with Gasteiger partial charge in [0.2, 0.25) is 5.91 Å². The Morgan fingerprint density at radius 2 is 1.91 bits per heavy atom. The summed E-state index contributed by atoms with van der Waals surface area (Å²) in [5.74, 6) is 1.11. The molecule has 9 rings (SSSR count). The number of ether oxygens (including phenoxy) is 1. The summed E-state index contributed by atoms with van der Waals surface area (Å²) in [6.45, 7) is 1.89. The molecule has 2 saturated carbocycles. The second-order valence-electron chi connectivity index (χ2n) is 13.4. The van der Waals surface area contributed by atoms with Crippen LogP contribution >= 0.6 is 11.6 Å². The van der Waals surface area contributed by atoms with Gasteiger partial charge in [-0.3, -0.25) is 29.6 Å². The molecule has 4 atom stereocenters. The largest absolute Gasteiger partial charge is 0.504 e. The number of phenols is 1. The lowest BCUT2D eigenvalue weighted by Gasteiger charge is -2.62. The number of fused-ring (bicyclic) bond motifs is 1. The molecule has 242 valence electrons. The number of carbonyl (C=O) groups excluding carboxylic acids is 2. The molecular formula is C35H33ClN4O7. The van der Waals surface area contributed by atoms with Crippen molar-refractivity contribution in [3.8, 4) is 11.5 Å². The van der Waals surface area contributed by atoms with Gasteiger partial charge < -0.3 is 20.3 Å². The SMILES string of the molecule is O=C1CC[C@@]2(O)[C@H]3Cc4ccc(O)c5c4[C@@]2(CCN3CC2CC2)[C@H]1O5.O=C1CN=C(c2ccccc2Cl)c2cc([N+](=O)[O-])ccc2N1. The Labute approximate surface area is 275 Å². The van der Waals surface area contributed by atoms with E-state index < -0.39 is 22.0 Å². The van der Waals surface area contributed by atoms with E-state index in [1.807, 2.05) is 6.07 Å². The van der Waals surface area contributed by atoms with Gasteiger partial charge in [0.15, 0.2) is 23.4 Å². The maximum absolute atomic E-state index is 12.7. The Kier molecular flexibility index (Phi) is 6.94. The van der Waals surface area contributed by atoms with E-state index in [1.54, 1.807) is 30.3 Å². The van der Waals surface area contributed by atoms with Crippen LogP contribution in [0.1, 0.15) is 54.4 Å². The monoisotopic (exact) mass is 656 g/mol. The van der Waals surface area contributed by atoms with Gasteiger partial charge in [0.1, 0.15) is 6.54 Å². The van der Waals surface area contributed by atoms with E-state index >= 15 is 0 Å². The maximum atomic E-state index is 12.7. The maximum Gasteiger partial charge on any atom is 0.270 e. The van der Waals surface area contributed by atoms with E-state index in [2.05, 4.69) is 15.2 Å². The van der Waals surface area contributed by atoms with Crippen LogP contribution in [-0.4, -0.2) is 74.8 Å².